The fraction of sp³-hybridized carbons (Fsp3) is 0.364. The summed E-state index contributed by atoms with van der Waals surface area (Å²) in [6.45, 7) is 1.62. The summed E-state index contributed by atoms with van der Waals surface area (Å²) in [6, 6.07) is 4.15. The van der Waals surface area contributed by atoms with E-state index in [2.05, 4.69) is 39.8 Å². The number of carbonyl (C=O) groups is 1. The Labute approximate surface area is 175 Å². The van der Waals surface area contributed by atoms with Crippen molar-refractivity contribution in [3.63, 3.8) is 0 Å². The second-order valence-electron chi connectivity index (χ2n) is 7.34. The van der Waals surface area contributed by atoms with Crippen LogP contribution in [-0.4, -0.2) is 22.2 Å². The number of nitrogens with zero attached hydrogens (tertiary/aromatic N) is 2. The number of ketones is 1. The van der Waals surface area contributed by atoms with Gasteiger partial charge in [0, 0.05) is 34.2 Å². The first kappa shape index (κ1) is 19.5. The van der Waals surface area contributed by atoms with E-state index < -0.39 is 0 Å². The third-order valence-corrected chi connectivity index (χ3v) is 6.91. The van der Waals surface area contributed by atoms with E-state index in [9.17, 15) is 4.79 Å². The molecular formula is C22H24ClN3OS. The van der Waals surface area contributed by atoms with Crippen LogP contribution in [0.15, 0.2) is 70.4 Å². The van der Waals surface area contributed by atoms with Crippen LogP contribution in [0.3, 0.4) is 0 Å². The Balaban J connectivity index is 1.55. The van der Waals surface area contributed by atoms with E-state index in [4.69, 9.17) is 11.6 Å². The van der Waals surface area contributed by atoms with E-state index in [1.165, 1.54) is 9.81 Å². The van der Waals surface area contributed by atoms with Crippen LogP contribution in [0.4, 0.5) is 5.69 Å². The summed E-state index contributed by atoms with van der Waals surface area (Å²) in [7, 11) is 0. The van der Waals surface area contributed by atoms with Crippen LogP contribution < -0.4 is 10.4 Å². The summed E-state index contributed by atoms with van der Waals surface area (Å²) in [6.07, 6.45) is 18.1. The molecule has 2 heterocycles. The van der Waals surface area contributed by atoms with Crippen molar-refractivity contribution in [3.05, 3.63) is 70.4 Å². The summed E-state index contributed by atoms with van der Waals surface area (Å²) < 4.78 is 0. The molecule has 0 saturated heterocycles. The average Bonchev–Trinajstić information content (AvgIpc) is 3.14. The van der Waals surface area contributed by atoms with E-state index in [0.717, 1.165) is 36.9 Å². The normalized spacial score (nSPS) is 27.3. The molecule has 0 spiro atoms. The summed E-state index contributed by atoms with van der Waals surface area (Å²) in [5, 5.41) is 2.32. The van der Waals surface area contributed by atoms with E-state index in [1.807, 2.05) is 36.2 Å². The van der Waals surface area contributed by atoms with E-state index in [0.29, 0.717) is 5.92 Å². The monoisotopic (exact) mass is 413 g/mol. The van der Waals surface area contributed by atoms with Gasteiger partial charge in [-0.25, -0.2) is 5.43 Å². The van der Waals surface area contributed by atoms with Crippen molar-refractivity contribution >= 4 is 34.8 Å². The van der Waals surface area contributed by atoms with Crippen molar-refractivity contribution in [2.45, 2.75) is 44.0 Å². The highest BCUT2D eigenvalue weighted by Gasteiger charge is 2.32. The first-order chi connectivity index (χ1) is 13.6. The van der Waals surface area contributed by atoms with Crippen LogP contribution in [0, 0.1) is 5.92 Å². The van der Waals surface area contributed by atoms with Crippen LogP contribution >= 0.6 is 23.4 Å². The SMILES string of the molecule is CC(=O)C1=CCC(C2NN(c3cccnc3)C=C2SC2=CCC(Cl)CC2)C=C1. The number of alkyl halides is 1. The molecule has 4 rings (SSSR count). The Morgan fingerprint density at radius 2 is 2.25 bits per heavy atom. The van der Waals surface area contributed by atoms with Crippen LogP contribution in [0.2, 0.25) is 0 Å². The van der Waals surface area contributed by atoms with E-state index >= 15 is 0 Å². The third kappa shape index (κ3) is 4.43. The fourth-order valence-electron chi connectivity index (χ4n) is 3.67. The summed E-state index contributed by atoms with van der Waals surface area (Å²) in [5.41, 5.74) is 5.45. The van der Waals surface area contributed by atoms with Crippen LogP contribution in [0.1, 0.15) is 32.6 Å². The number of rotatable bonds is 5. The minimum absolute atomic E-state index is 0.124. The molecule has 1 aromatic heterocycles. The van der Waals surface area contributed by atoms with Gasteiger partial charge in [-0.2, -0.15) is 0 Å². The number of hydrogen-bond acceptors (Lipinski definition) is 5. The van der Waals surface area contributed by atoms with Gasteiger partial charge in [-0.05, 0) is 49.6 Å². The Morgan fingerprint density at radius 3 is 2.89 bits per heavy atom. The zero-order valence-corrected chi connectivity index (χ0v) is 17.4. The number of thioether (sulfide) groups is 1. The Kier molecular flexibility index (Phi) is 6.04. The predicted molar refractivity (Wildman–Crippen MR) is 117 cm³/mol. The molecule has 6 heteroatoms. The lowest BCUT2D eigenvalue weighted by atomic mass is 9.89. The molecule has 0 radical (unpaired) electrons. The number of allylic oxidation sites excluding steroid dienone is 5. The van der Waals surface area contributed by atoms with Gasteiger partial charge in [0.1, 0.15) is 0 Å². The molecule has 3 unspecified atom stereocenters. The molecule has 3 atom stereocenters. The molecule has 1 N–H and O–H groups in total. The molecule has 0 aromatic carbocycles. The average molecular weight is 414 g/mol. The maximum atomic E-state index is 11.6. The van der Waals surface area contributed by atoms with Gasteiger partial charge in [-0.3, -0.25) is 14.8 Å². The number of Topliss-reactive ketones (excluding diaryl/α,β-unsaturated/α-hetero) is 1. The topological polar surface area (TPSA) is 45.2 Å². The first-order valence-corrected chi connectivity index (χ1v) is 10.9. The Morgan fingerprint density at radius 1 is 1.36 bits per heavy atom. The van der Waals surface area contributed by atoms with Gasteiger partial charge in [-0.15, -0.1) is 11.6 Å². The fourth-order valence-corrected chi connectivity index (χ4v) is 5.08. The van der Waals surface area contributed by atoms with Crippen LogP contribution in [0.5, 0.6) is 0 Å². The van der Waals surface area contributed by atoms with E-state index in [-0.39, 0.29) is 17.2 Å². The smallest absolute Gasteiger partial charge is 0.159 e. The van der Waals surface area contributed by atoms with E-state index in [1.54, 1.807) is 13.1 Å². The predicted octanol–water partition coefficient (Wildman–Crippen LogP) is 5.12. The molecule has 0 bridgehead atoms. The van der Waals surface area contributed by atoms with Crippen molar-refractivity contribution in [2.24, 2.45) is 5.92 Å². The summed E-state index contributed by atoms with van der Waals surface area (Å²) >= 11 is 8.11. The Bertz CT molecular complexity index is 862. The number of pyridine rings is 1. The second-order valence-corrected chi connectivity index (χ2v) is 9.16. The van der Waals surface area contributed by atoms with Gasteiger partial charge in [0.15, 0.2) is 5.78 Å². The number of aromatic nitrogens is 1. The highest BCUT2D eigenvalue weighted by Crippen LogP contribution is 2.41. The van der Waals surface area contributed by atoms with Gasteiger partial charge in [-0.1, -0.05) is 36.1 Å². The van der Waals surface area contributed by atoms with Gasteiger partial charge in [0.2, 0.25) is 0 Å². The minimum atomic E-state index is 0.124. The lowest BCUT2D eigenvalue weighted by molar-refractivity contribution is -0.113. The highest BCUT2D eigenvalue weighted by molar-refractivity contribution is 8.06. The quantitative estimate of drug-likeness (QED) is 0.679. The zero-order chi connectivity index (χ0) is 19.5. The lowest BCUT2D eigenvalue weighted by Crippen LogP contribution is -2.40. The number of halogens is 1. The molecule has 146 valence electrons. The largest absolute Gasteiger partial charge is 0.295 e. The number of hydrogen-bond donors (Lipinski definition) is 1. The number of anilines is 1. The second kappa shape index (κ2) is 8.68. The standard InChI is InChI=1S/C22H24ClN3OS/c1-15(27)16-4-6-17(7-5-16)22-21(28-20-10-8-18(23)9-11-20)14-26(25-22)19-3-2-12-24-13-19/h2-6,10,12-14,17-18,22,25H,7-9,11H2,1H3. The number of hydrazine groups is 1. The molecule has 0 amide bonds. The maximum Gasteiger partial charge on any atom is 0.159 e. The molecule has 28 heavy (non-hydrogen) atoms. The van der Waals surface area contributed by atoms with Crippen molar-refractivity contribution in [2.75, 3.05) is 5.01 Å². The van der Waals surface area contributed by atoms with Crippen molar-refractivity contribution in [3.8, 4) is 0 Å². The molecule has 0 fully saturated rings. The third-order valence-electron chi connectivity index (χ3n) is 5.29. The molecule has 1 aromatic rings. The van der Waals surface area contributed by atoms with Crippen molar-refractivity contribution in [1.29, 1.82) is 0 Å². The summed E-state index contributed by atoms with van der Waals surface area (Å²) in [5.74, 6) is 0.424. The zero-order valence-electron chi connectivity index (χ0n) is 15.8. The molecule has 4 nitrogen and oxygen atoms in total. The molecule has 1 aliphatic heterocycles. The molecule has 3 aliphatic rings. The summed E-state index contributed by atoms with van der Waals surface area (Å²) in [4.78, 5) is 18.6. The van der Waals surface area contributed by atoms with Gasteiger partial charge in [0.25, 0.3) is 0 Å². The molecular weight excluding hydrogens is 390 g/mol. The van der Waals surface area contributed by atoms with Crippen molar-refractivity contribution in [1.82, 2.24) is 10.4 Å². The van der Waals surface area contributed by atoms with Crippen molar-refractivity contribution < 1.29 is 4.79 Å². The highest BCUT2D eigenvalue weighted by atomic mass is 35.5. The maximum absolute atomic E-state index is 11.6. The lowest BCUT2D eigenvalue weighted by Gasteiger charge is -2.27. The van der Waals surface area contributed by atoms with Crippen LogP contribution in [-0.2, 0) is 4.79 Å². The minimum Gasteiger partial charge on any atom is -0.295 e. The first-order valence-electron chi connectivity index (χ1n) is 9.67. The number of nitrogens with one attached hydrogen (secondary N) is 1. The number of carbonyl (C=O) groups excluding carboxylic acids is 1. The molecule has 2 aliphatic carbocycles. The van der Waals surface area contributed by atoms with Crippen LogP contribution in [0.25, 0.3) is 0 Å². The van der Waals surface area contributed by atoms with Gasteiger partial charge < -0.3 is 0 Å². The Hall–Kier alpha value is -1.82. The van der Waals surface area contributed by atoms with Gasteiger partial charge in [0.05, 0.1) is 17.9 Å². The van der Waals surface area contributed by atoms with Gasteiger partial charge >= 0.3 is 0 Å². The molecule has 0 saturated carbocycles.